The van der Waals surface area contributed by atoms with Crippen LogP contribution in [-0.4, -0.2) is 0 Å². The molecule has 0 bridgehead atoms. The molecule has 1 aliphatic carbocycles. The maximum atomic E-state index is 3.72. The summed E-state index contributed by atoms with van der Waals surface area (Å²) in [5.41, 5.74) is 3.72. The van der Waals surface area contributed by atoms with E-state index in [4.69, 9.17) is 0 Å². The Kier molecular flexibility index (Phi) is 15.1. The van der Waals surface area contributed by atoms with Gasteiger partial charge in [0.2, 0.25) is 0 Å². The van der Waals surface area contributed by atoms with Crippen molar-refractivity contribution in [3.05, 3.63) is 146 Å². The van der Waals surface area contributed by atoms with Gasteiger partial charge in [-0.3, -0.25) is 0 Å². The van der Waals surface area contributed by atoms with E-state index >= 15 is 0 Å². The summed E-state index contributed by atoms with van der Waals surface area (Å²) in [5.74, 6) is 0.888. The molecular formula is C30H34Zr. The predicted molar refractivity (Wildman–Crippen MR) is 132 cm³/mol. The molecule has 1 heteroatoms. The second-order valence-corrected chi connectivity index (χ2v) is 7.49. The Bertz CT molecular complexity index is 769. The molecule has 0 nitrogen and oxygen atoms in total. The quantitative estimate of drug-likeness (QED) is 0.237. The van der Waals surface area contributed by atoms with Crippen molar-refractivity contribution in [2.45, 2.75) is 38.0 Å². The van der Waals surface area contributed by atoms with Gasteiger partial charge in [-0.1, -0.05) is 50.2 Å². The third kappa shape index (κ3) is 12.9. The largest absolute Gasteiger partial charge is 4.00 e. The number of rotatable bonds is 1. The van der Waals surface area contributed by atoms with Gasteiger partial charge in [0, 0.05) is 0 Å². The molecule has 0 atom stereocenters. The van der Waals surface area contributed by atoms with Crippen molar-refractivity contribution >= 4 is 0 Å². The molecular weight excluding hydrogens is 452 g/mol. The summed E-state index contributed by atoms with van der Waals surface area (Å²) >= 11 is 0. The fourth-order valence-corrected chi connectivity index (χ4v) is 3.37. The van der Waals surface area contributed by atoms with Crippen molar-refractivity contribution in [2.24, 2.45) is 0 Å². The molecule has 4 aromatic carbocycles. The standard InChI is InChI=1S/C11H15.2C7H7.C5H5.Zr/c1-2-6-10(7-3-1)11-8-4-5-9-11;2*1-7-5-3-2-4-6-7;1-2-4-5-3-1;/h4-5,8-10H,1-3,6-7H2;2*2-6H,1H2;1-5H;/q4*-1;+4. The molecule has 0 radical (unpaired) electrons. The maximum Gasteiger partial charge on any atom is 4.00 e. The van der Waals surface area contributed by atoms with Crippen molar-refractivity contribution in [2.75, 3.05) is 0 Å². The van der Waals surface area contributed by atoms with Crippen LogP contribution in [0.3, 0.4) is 0 Å². The van der Waals surface area contributed by atoms with Gasteiger partial charge in [-0.05, 0) is 0 Å². The third-order valence-electron chi connectivity index (χ3n) is 5.01. The van der Waals surface area contributed by atoms with Crippen LogP contribution in [0, 0.1) is 13.8 Å². The van der Waals surface area contributed by atoms with Crippen LogP contribution in [0.4, 0.5) is 0 Å². The summed E-state index contributed by atoms with van der Waals surface area (Å²) in [6.07, 6.45) is 7.18. The van der Waals surface area contributed by atoms with Crippen LogP contribution in [0.5, 0.6) is 0 Å². The summed E-state index contributed by atoms with van der Waals surface area (Å²) in [7, 11) is 0. The van der Waals surface area contributed by atoms with E-state index in [1.165, 1.54) is 32.1 Å². The maximum absolute atomic E-state index is 3.72. The first-order chi connectivity index (χ1) is 14.8. The molecule has 0 unspecified atom stereocenters. The predicted octanol–water partition coefficient (Wildman–Crippen LogP) is 8.59. The second kappa shape index (κ2) is 17.4. The van der Waals surface area contributed by atoms with E-state index < -0.39 is 0 Å². The van der Waals surface area contributed by atoms with Crippen LogP contribution in [0.25, 0.3) is 0 Å². The normalized spacial score (nSPS) is 12.4. The average molecular weight is 486 g/mol. The zero-order valence-electron chi connectivity index (χ0n) is 18.5. The molecule has 4 aromatic rings. The molecule has 0 spiro atoms. The van der Waals surface area contributed by atoms with Crippen LogP contribution >= 0.6 is 0 Å². The van der Waals surface area contributed by atoms with E-state index in [9.17, 15) is 0 Å². The Hall–Kier alpha value is -2.24. The summed E-state index contributed by atoms with van der Waals surface area (Å²) < 4.78 is 0. The summed E-state index contributed by atoms with van der Waals surface area (Å²) in [5, 5.41) is 0. The van der Waals surface area contributed by atoms with E-state index in [0.717, 1.165) is 17.0 Å². The van der Waals surface area contributed by atoms with Crippen molar-refractivity contribution in [1.82, 2.24) is 0 Å². The number of hydrogen-bond acceptors (Lipinski definition) is 0. The Morgan fingerprint density at radius 1 is 0.613 bits per heavy atom. The molecule has 1 aliphatic rings. The van der Waals surface area contributed by atoms with E-state index in [-0.39, 0.29) is 26.2 Å². The van der Waals surface area contributed by atoms with Gasteiger partial charge in [0.15, 0.2) is 0 Å². The average Bonchev–Trinajstić information content (AvgIpc) is 3.54. The van der Waals surface area contributed by atoms with Gasteiger partial charge in [0.05, 0.1) is 0 Å². The summed E-state index contributed by atoms with van der Waals surface area (Å²) in [6, 6.07) is 38.6. The van der Waals surface area contributed by atoms with Gasteiger partial charge in [-0.15, -0.1) is 24.3 Å². The minimum absolute atomic E-state index is 0. The number of hydrogen-bond donors (Lipinski definition) is 0. The van der Waals surface area contributed by atoms with Gasteiger partial charge in [-0.25, -0.2) is 24.3 Å². The molecule has 31 heavy (non-hydrogen) atoms. The molecule has 0 amide bonds. The molecule has 0 aliphatic heterocycles. The number of benzene rings is 2. The summed E-state index contributed by atoms with van der Waals surface area (Å²) in [4.78, 5) is 0. The van der Waals surface area contributed by atoms with Crippen molar-refractivity contribution in [3.8, 4) is 0 Å². The molecule has 1 saturated carbocycles. The van der Waals surface area contributed by atoms with Crippen LogP contribution < -0.4 is 0 Å². The first-order valence-electron chi connectivity index (χ1n) is 10.9. The molecule has 158 valence electrons. The zero-order chi connectivity index (χ0) is 21.3. The van der Waals surface area contributed by atoms with Crippen LogP contribution in [0.15, 0.2) is 115 Å². The molecule has 5 rings (SSSR count). The molecule has 1 fully saturated rings. The SMILES string of the molecule is [CH2-]c1ccccc1.[CH2-]c1ccccc1.[Zr+4].c1cc[c-](C2CCCCC2)c1.c1cc[cH-]c1. The summed E-state index contributed by atoms with van der Waals surface area (Å²) in [6.45, 7) is 7.44. The molecule has 0 heterocycles. The smallest absolute Gasteiger partial charge is 0.214 e. The van der Waals surface area contributed by atoms with Gasteiger partial charge in [0.25, 0.3) is 0 Å². The van der Waals surface area contributed by atoms with E-state index in [2.05, 4.69) is 38.1 Å². The van der Waals surface area contributed by atoms with Crippen molar-refractivity contribution in [3.63, 3.8) is 0 Å². The Balaban J connectivity index is 0.000000213. The second-order valence-electron chi connectivity index (χ2n) is 7.49. The van der Waals surface area contributed by atoms with Gasteiger partial charge in [0.1, 0.15) is 0 Å². The fourth-order valence-electron chi connectivity index (χ4n) is 3.37. The van der Waals surface area contributed by atoms with Crippen LogP contribution in [-0.2, 0) is 26.2 Å². The minimum atomic E-state index is 0. The van der Waals surface area contributed by atoms with Crippen molar-refractivity contribution < 1.29 is 26.2 Å². The van der Waals surface area contributed by atoms with E-state index in [0.29, 0.717) is 0 Å². The minimum Gasteiger partial charge on any atom is -0.214 e. The Morgan fingerprint density at radius 2 is 1.06 bits per heavy atom. The van der Waals surface area contributed by atoms with Gasteiger partial charge in [-0.2, -0.15) is 85.1 Å². The molecule has 0 aromatic heterocycles. The van der Waals surface area contributed by atoms with Crippen LogP contribution in [0.1, 0.15) is 54.7 Å². The van der Waals surface area contributed by atoms with Gasteiger partial charge >= 0.3 is 26.2 Å². The van der Waals surface area contributed by atoms with E-state index in [1.807, 2.05) is 91.0 Å². The van der Waals surface area contributed by atoms with E-state index in [1.54, 1.807) is 5.56 Å². The first kappa shape index (κ1) is 26.8. The fraction of sp³-hybridized carbons (Fsp3) is 0.200. The first-order valence-corrected chi connectivity index (χ1v) is 10.9. The zero-order valence-corrected chi connectivity index (χ0v) is 21.0. The van der Waals surface area contributed by atoms with Crippen molar-refractivity contribution in [1.29, 1.82) is 0 Å². The monoisotopic (exact) mass is 484 g/mol. The topological polar surface area (TPSA) is 0 Å². The Morgan fingerprint density at radius 3 is 1.39 bits per heavy atom. The van der Waals surface area contributed by atoms with Gasteiger partial charge < -0.3 is 0 Å². The molecule has 0 N–H and O–H groups in total. The third-order valence-corrected chi connectivity index (χ3v) is 5.01. The van der Waals surface area contributed by atoms with Crippen LogP contribution in [0.2, 0.25) is 0 Å². The Labute approximate surface area is 209 Å². The molecule has 0 saturated heterocycles.